The van der Waals surface area contributed by atoms with Crippen molar-refractivity contribution in [3.63, 3.8) is 0 Å². The minimum Gasteiger partial charge on any atom is -0.480 e. The molecule has 0 aliphatic heterocycles. The maximum atomic E-state index is 11.2. The molecule has 0 aromatic rings. The van der Waals surface area contributed by atoms with Crippen molar-refractivity contribution in [2.45, 2.75) is 38.3 Å². The van der Waals surface area contributed by atoms with Gasteiger partial charge in [-0.2, -0.15) is 11.8 Å². The molecular weight excluding hydrogens is 210 g/mol. The highest BCUT2D eigenvalue weighted by atomic mass is 32.2. The number of hydrogen-bond donors (Lipinski definition) is 1. The third-order valence-corrected chi connectivity index (χ3v) is 3.84. The van der Waals surface area contributed by atoms with Crippen LogP contribution in [-0.2, 0) is 4.79 Å². The first kappa shape index (κ1) is 12.8. The summed E-state index contributed by atoms with van der Waals surface area (Å²) in [6.07, 6.45) is 5.31. The number of carboxylic acid groups (broad SMARTS) is 1. The van der Waals surface area contributed by atoms with E-state index in [1.54, 1.807) is 0 Å². The molecule has 1 N–H and O–H groups in total. The van der Waals surface area contributed by atoms with Crippen LogP contribution in [-0.4, -0.2) is 47.1 Å². The average molecular weight is 231 g/mol. The molecule has 2 atom stereocenters. The van der Waals surface area contributed by atoms with Gasteiger partial charge in [0.25, 0.3) is 0 Å². The first-order valence-electron chi connectivity index (χ1n) is 5.51. The predicted molar refractivity (Wildman–Crippen MR) is 64.4 cm³/mol. The molecule has 1 saturated carbocycles. The van der Waals surface area contributed by atoms with Crippen LogP contribution in [0.5, 0.6) is 0 Å². The van der Waals surface area contributed by atoms with Gasteiger partial charge < -0.3 is 5.11 Å². The molecule has 0 radical (unpaired) electrons. The lowest BCUT2D eigenvalue weighted by atomic mass is 10.1. The van der Waals surface area contributed by atoms with Gasteiger partial charge in [-0.15, -0.1) is 0 Å². The fourth-order valence-electron chi connectivity index (χ4n) is 1.89. The van der Waals surface area contributed by atoms with Gasteiger partial charge in [-0.05, 0) is 51.2 Å². The molecule has 0 aromatic heterocycles. The van der Waals surface area contributed by atoms with Crippen LogP contribution in [0.4, 0.5) is 0 Å². The second kappa shape index (κ2) is 5.75. The van der Waals surface area contributed by atoms with Crippen molar-refractivity contribution in [2.24, 2.45) is 5.92 Å². The maximum absolute atomic E-state index is 11.2. The van der Waals surface area contributed by atoms with Gasteiger partial charge in [-0.3, -0.25) is 9.69 Å². The molecule has 88 valence electrons. The zero-order valence-electron chi connectivity index (χ0n) is 9.77. The Hall–Kier alpha value is -0.220. The van der Waals surface area contributed by atoms with Crippen molar-refractivity contribution in [3.8, 4) is 0 Å². The Kier molecular flexibility index (Phi) is 4.93. The third kappa shape index (κ3) is 3.68. The molecule has 3 nitrogen and oxygen atoms in total. The SMILES string of the molecule is CSCCC(C)N(C)C(C(=O)O)C1CC1. The summed E-state index contributed by atoms with van der Waals surface area (Å²) in [4.78, 5) is 13.2. The lowest BCUT2D eigenvalue weighted by Crippen LogP contribution is -2.45. The van der Waals surface area contributed by atoms with E-state index in [0.717, 1.165) is 25.0 Å². The molecule has 0 aromatic carbocycles. The number of carbonyl (C=O) groups is 1. The normalized spacial score (nSPS) is 20.3. The minimum absolute atomic E-state index is 0.262. The summed E-state index contributed by atoms with van der Waals surface area (Å²) in [5.41, 5.74) is 0. The van der Waals surface area contributed by atoms with Crippen LogP contribution in [0.2, 0.25) is 0 Å². The van der Waals surface area contributed by atoms with Crippen LogP contribution < -0.4 is 0 Å². The Morgan fingerprint density at radius 1 is 1.60 bits per heavy atom. The van der Waals surface area contributed by atoms with Crippen LogP contribution in [0.3, 0.4) is 0 Å². The number of nitrogens with zero attached hydrogens (tertiary/aromatic N) is 1. The molecule has 2 unspecified atom stereocenters. The molecule has 0 amide bonds. The monoisotopic (exact) mass is 231 g/mol. The highest BCUT2D eigenvalue weighted by Gasteiger charge is 2.40. The quantitative estimate of drug-likeness (QED) is 0.727. The van der Waals surface area contributed by atoms with Crippen molar-refractivity contribution in [2.75, 3.05) is 19.1 Å². The number of aliphatic carboxylic acids is 1. The first-order chi connectivity index (χ1) is 7.07. The van der Waals surface area contributed by atoms with Gasteiger partial charge in [0.05, 0.1) is 0 Å². The van der Waals surface area contributed by atoms with Crippen LogP contribution >= 0.6 is 11.8 Å². The van der Waals surface area contributed by atoms with Gasteiger partial charge in [-0.25, -0.2) is 0 Å². The molecule has 0 spiro atoms. The fourth-order valence-corrected chi connectivity index (χ4v) is 2.46. The topological polar surface area (TPSA) is 40.5 Å². The molecular formula is C11H21NO2S. The zero-order valence-corrected chi connectivity index (χ0v) is 10.6. The number of carboxylic acids is 1. The third-order valence-electron chi connectivity index (χ3n) is 3.20. The van der Waals surface area contributed by atoms with E-state index in [0.29, 0.717) is 12.0 Å². The number of hydrogen-bond acceptors (Lipinski definition) is 3. The molecule has 1 rings (SSSR count). The van der Waals surface area contributed by atoms with Crippen molar-refractivity contribution < 1.29 is 9.90 Å². The predicted octanol–water partition coefficient (Wildman–Crippen LogP) is 1.92. The van der Waals surface area contributed by atoms with E-state index in [2.05, 4.69) is 13.2 Å². The summed E-state index contributed by atoms with van der Waals surface area (Å²) in [5.74, 6) is 0.836. The highest BCUT2D eigenvalue weighted by molar-refractivity contribution is 7.98. The molecule has 15 heavy (non-hydrogen) atoms. The van der Waals surface area contributed by atoms with Crippen LogP contribution in [0, 0.1) is 5.92 Å². The lowest BCUT2D eigenvalue weighted by molar-refractivity contribution is -0.144. The van der Waals surface area contributed by atoms with Crippen molar-refractivity contribution >= 4 is 17.7 Å². The standard InChI is InChI=1S/C11H21NO2S/c1-8(6-7-15-3)12(2)10(11(13)14)9-4-5-9/h8-10H,4-7H2,1-3H3,(H,13,14). The van der Waals surface area contributed by atoms with E-state index in [4.69, 9.17) is 0 Å². The number of rotatable bonds is 7. The van der Waals surface area contributed by atoms with Gasteiger partial charge in [0.2, 0.25) is 0 Å². The molecule has 4 heteroatoms. The van der Waals surface area contributed by atoms with Gasteiger partial charge in [0.15, 0.2) is 0 Å². The molecule has 1 fully saturated rings. The molecule has 1 aliphatic carbocycles. The van der Waals surface area contributed by atoms with Gasteiger partial charge in [0.1, 0.15) is 6.04 Å². The average Bonchev–Trinajstić information content (AvgIpc) is 2.97. The summed E-state index contributed by atoms with van der Waals surface area (Å²) >= 11 is 1.82. The highest BCUT2D eigenvalue weighted by Crippen LogP contribution is 2.36. The molecule has 0 bridgehead atoms. The zero-order chi connectivity index (χ0) is 11.4. The Morgan fingerprint density at radius 3 is 2.60 bits per heavy atom. The number of thioether (sulfide) groups is 1. The van der Waals surface area contributed by atoms with E-state index >= 15 is 0 Å². The van der Waals surface area contributed by atoms with Gasteiger partial charge in [0, 0.05) is 6.04 Å². The Balaban J connectivity index is 2.47. The van der Waals surface area contributed by atoms with Gasteiger partial charge in [-0.1, -0.05) is 0 Å². The molecule has 0 saturated heterocycles. The molecule has 0 heterocycles. The summed E-state index contributed by atoms with van der Waals surface area (Å²) in [7, 11) is 1.95. The fraction of sp³-hybridized carbons (Fsp3) is 0.909. The summed E-state index contributed by atoms with van der Waals surface area (Å²) in [6.45, 7) is 2.12. The smallest absolute Gasteiger partial charge is 0.321 e. The Labute approximate surface area is 96.2 Å². The van der Waals surface area contributed by atoms with Crippen LogP contribution in [0.25, 0.3) is 0 Å². The second-order valence-corrected chi connectivity index (χ2v) is 5.40. The van der Waals surface area contributed by atoms with E-state index in [1.165, 1.54) is 0 Å². The Bertz CT molecular complexity index is 219. The van der Waals surface area contributed by atoms with Crippen molar-refractivity contribution in [1.29, 1.82) is 0 Å². The first-order valence-corrected chi connectivity index (χ1v) is 6.91. The second-order valence-electron chi connectivity index (χ2n) is 4.42. The van der Waals surface area contributed by atoms with Crippen molar-refractivity contribution in [1.82, 2.24) is 4.90 Å². The van der Waals surface area contributed by atoms with Crippen LogP contribution in [0.15, 0.2) is 0 Å². The van der Waals surface area contributed by atoms with E-state index in [-0.39, 0.29) is 6.04 Å². The van der Waals surface area contributed by atoms with Crippen molar-refractivity contribution in [3.05, 3.63) is 0 Å². The minimum atomic E-state index is -0.656. The Morgan fingerprint density at radius 2 is 2.20 bits per heavy atom. The summed E-state index contributed by atoms with van der Waals surface area (Å²) in [5, 5.41) is 9.18. The van der Waals surface area contributed by atoms with E-state index in [9.17, 15) is 9.90 Å². The van der Waals surface area contributed by atoms with E-state index in [1.807, 2.05) is 23.7 Å². The number of likely N-dealkylation sites (N-methyl/N-ethyl adjacent to an activating group) is 1. The summed E-state index contributed by atoms with van der Waals surface area (Å²) < 4.78 is 0. The van der Waals surface area contributed by atoms with Crippen LogP contribution in [0.1, 0.15) is 26.2 Å². The maximum Gasteiger partial charge on any atom is 0.321 e. The van der Waals surface area contributed by atoms with Gasteiger partial charge >= 0.3 is 5.97 Å². The summed E-state index contributed by atoms with van der Waals surface area (Å²) in [6, 6.07) is 0.0982. The molecule has 1 aliphatic rings. The van der Waals surface area contributed by atoms with E-state index < -0.39 is 5.97 Å². The largest absolute Gasteiger partial charge is 0.480 e. The lowest BCUT2D eigenvalue weighted by Gasteiger charge is -2.30.